The quantitative estimate of drug-likeness (QED) is 0.811. The number of benzene rings is 1. The van der Waals surface area contributed by atoms with E-state index >= 15 is 0 Å². The zero-order chi connectivity index (χ0) is 8.97. The molecule has 2 nitrogen and oxygen atoms in total. The molecule has 0 saturated heterocycles. The third-order valence-electron chi connectivity index (χ3n) is 1.35. The van der Waals surface area contributed by atoms with Crippen molar-refractivity contribution < 1.29 is 9.13 Å². The van der Waals surface area contributed by atoms with Crippen LogP contribution in [0, 0.1) is 5.82 Å². The Hall–Kier alpha value is -0.770. The molecule has 12 heavy (non-hydrogen) atoms. The fourth-order valence-electron chi connectivity index (χ4n) is 0.829. The molecule has 0 amide bonds. The smallest absolute Gasteiger partial charge is 0.150 e. The van der Waals surface area contributed by atoms with Gasteiger partial charge in [0.05, 0.1) is 12.3 Å². The van der Waals surface area contributed by atoms with E-state index in [0.717, 1.165) is 0 Å². The van der Waals surface area contributed by atoms with Gasteiger partial charge in [-0.15, -0.1) is 0 Å². The first-order valence-corrected chi connectivity index (χ1v) is 4.36. The molecule has 0 aliphatic carbocycles. The minimum atomic E-state index is -0.335. The average Bonchev–Trinajstić information content (AvgIpc) is 2.05. The Morgan fingerprint density at radius 1 is 1.58 bits per heavy atom. The summed E-state index contributed by atoms with van der Waals surface area (Å²) in [4.78, 5) is 0. The van der Waals surface area contributed by atoms with E-state index in [4.69, 9.17) is 4.74 Å². The zero-order valence-corrected chi connectivity index (χ0v) is 8.19. The van der Waals surface area contributed by atoms with Crippen LogP contribution in [0.2, 0.25) is 0 Å². The van der Waals surface area contributed by atoms with Gasteiger partial charge < -0.3 is 9.08 Å². The van der Waals surface area contributed by atoms with Crippen LogP contribution in [0.15, 0.2) is 18.2 Å². The van der Waals surface area contributed by atoms with Crippen LogP contribution in [-0.2, 0) is 0 Å². The highest BCUT2D eigenvalue weighted by molar-refractivity contribution is 9.10. The molecule has 0 aliphatic heterocycles. The topological polar surface area (TPSA) is 21.3 Å². The minimum Gasteiger partial charge on any atom is -0.494 e. The Bertz CT molecular complexity index is 267. The van der Waals surface area contributed by atoms with Gasteiger partial charge in [-0.2, -0.15) is 0 Å². The largest absolute Gasteiger partial charge is 0.494 e. The van der Waals surface area contributed by atoms with Crippen LogP contribution in [-0.4, -0.2) is 6.61 Å². The van der Waals surface area contributed by atoms with Gasteiger partial charge in [0.25, 0.3) is 0 Å². The molecular weight excluding hydrogens is 225 g/mol. The summed E-state index contributed by atoms with van der Waals surface area (Å²) >= 11 is 2.94. The van der Waals surface area contributed by atoms with E-state index in [9.17, 15) is 4.39 Å². The number of anilines is 1. The van der Waals surface area contributed by atoms with Gasteiger partial charge in [-0.05, 0) is 19.1 Å². The number of nitrogens with one attached hydrogen (secondary N) is 1. The van der Waals surface area contributed by atoms with E-state index in [2.05, 4.69) is 20.5 Å². The van der Waals surface area contributed by atoms with Gasteiger partial charge in [-0.1, -0.05) is 0 Å². The van der Waals surface area contributed by atoms with Gasteiger partial charge in [-0.25, -0.2) is 4.39 Å². The summed E-state index contributed by atoms with van der Waals surface area (Å²) in [6.45, 7) is 2.40. The van der Waals surface area contributed by atoms with Crippen LogP contribution in [0.5, 0.6) is 5.75 Å². The molecule has 1 aromatic carbocycles. The number of hydrogen-bond donors (Lipinski definition) is 1. The first-order chi connectivity index (χ1) is 5.77. The summed E-state index contributed by atoms with van der Waals surface area (Å²) in [5, 5.41) is 0. The third-order valence-corrected chi connectivity index (χ3v) is 1.78. The van der Waals surface area contributed by atoms with Crippen LogP contribution < -0.4 is 9.08 Å². The molecule has 0 aromatic heterocycles. The van der Waals surface area contributed by atoms with E-state index < -0.39 is 0 Å². The Morgan fingerprint density at radius 3 is 2.83 bits per heavy atom. The van der Waals surface area contributed by atoms with Crippen LogP contribution in [0.25, 0.3) is 0 Å². The molecule has 1 rings (SSSR count). The summed E-state index contributed by atoms with van der Waals surface area (Å²) in [6.07, 6.45) is 0. The van der Waals surface area contributed by atoms with Crippen molar-refractivity contribution in [1.29, 1.82) is 0 Å². The number of hydrogen-bond acceptors (Lipinski definition) is 2. The summed E-state index contributed by atoms with van der Waals surface area (Å²) in [6, 6.07) is 4.65. The number of rotatable bonds is 3. The average molecular weight is 234 g/mol. The van der Waals surface area contributed by atoms with Crippen molar-refractivity contribution in [1.82, 2.24) is 0 Å². The van der Waals surface area contributed by atoms with Crippen molar-refractivity contribution in [2.45, 2.75) is 6.92 Å². The van der Waals surface area contributed by atoms with Crippen LogP contribution in [0.4, 0.5) is 10.1 Å². The van der Waals surface area contributed by atoms with Gasteiger partial charge >= 0.3 is 0 Å². The summed E-state index contributed by atoms with van der Waals surface area (Å²) < 4.78 is 20.7. The van der Waals surface area contributed by atoms with Crippen LogP contribution in [0.3, 0.4) is 0 Å². The Kier molecular flexibility index (Phi) is 3.34. The zero-order valence-electron chi connectivity index (χ0n) is 6.60. The molecule has 0 bridgehead atoms. The third kappa shape index (κ3) is 2.11. The lowest BCUT2D eigenvalue weighted by atomic mass is 10.3. The molecule has 1 N–H and O–H groups in total. The molecule has 0 spiro atoms. The lowest BCUT2D eigenvalue weighted by Gasteiger charge is -2.04. The van der Waals surface area contributed by atoms with Crippen molar-refractivity contribution >= 4 is 21.8 Å². The highest BCUT2D eigenvalue weighted by atomic mass is 79.9. The monoisotopic (exact) mass is 233 g/mol. The second-order valence-corrected chi connectivity index (χ2v) is 2.57. The summed E-state index contributed by atoms with van der Waals surface area (Å²) in [7, 11) is 0. The maximum Gasteiger partial charge on any atom is 0.150 e. The first kappa shape index (κ1) is 9.32. The Balaban J connectivity index is 2.86. The molecular formula is C8H9BrFNO. The Labute approximate surface area is 79.1 Å². The van der Waals surface area contributed by atoms with E-state index in [1.54, 1.807) is 12.1 Å². The first-order valence-electron chi connectivity index (χ1n) is 3.57. The molecule has 66 valence electrons. The van der Waals surface area contributed by atoms with Crippen molar-refractivity contribution in [2.24, 2.45) is 0 Å². The molecule has 1 aromatic rings. The Morgan fingerprint density at radius 2 is 2.33 bits per heavy atom. The second-order valence-electron chi connectivity index (χ2n) is 2.17. The maximum absolute atomic E-state index is 13.0. The molecule has 0 aliphatic rings. The van der Waals surface area contributed by atoms with Crippen molar-refractivity contribution in [3.8, 4) is 5.75 Å². The van der Waals surface area contributed by atoms with Crippen LogP contribution in [0.1, 0.15) is 6.92 Å². The van der Waals surface area contributed by atoms with Gasteiger partial charge in [0.2, 0.25) is 0 Å². The van der Waals surface area contributed by atoms with E-state index in [1.807, 2.05) is 6.92 Å². The van der Waals surface area contributed by atoms with E-state index in [-0.39, 0.29) is 5.82 Å². The summed E-state index contributed by atoms with van der Waals surface area (Å²) in [5.41, 5.74) is 0.401. The molecule has 0 saturated carbocycles. The van der Waals surface area contributed by atoms with Crippen molar-refractivity contribution in [3.05, 3.63) is 24.0 Å². The fourth-order valence-corrected chi connectivity index (χ4v) is 1.15. The highest BCUT2D eigenvalue weighted by Crippen LogP contribution is 2.21. The minimum absolute atomic E-state index is 0.335. The van der Waals surface area contributed by atoms with E-state index in [0.29, 0.717) is 18.0 Å². The fraction of sp³-hybridized carbons (Fsp3) is 0.250. The van der Waals surface area contributed by atoms with Gasteiger partial charge in [0, 0.05) is 22.2 Å². The lowest BCUT2D eigenvalue weighted by Crippen LogP contribution is -1.93. The number of halogens is 2. The molecule has 0 radical (unpaired) electrons. The molecule has 0 fully saturated rings. The van der Waals surface area contributed by atoms with Crippen LogP contribution >= 0.6 is 16.1 Å². The van der Waals surface area contributed by atoms with Gasteiger partial charge in [-0.3, -0.25) is 0 Å². The molecule has 4 heteroatoms. The molecule has 0 atom stereocenters. The second kappa shape index (κ2) is 4.30. The normalized spacial score (nSPS) is 9.58. The number of ether oxygens (including phenoxy) is 1. The summed E-state index contributed by atoms with van der Waals surface area (Å²) in [5.74, 6) is 0.208. The maximum atomic E-state index is 13.0. The van der Waals surface area contributed by atoms with Gasteiger partial charge in [0.1, 0.15) is 5.75 Å². The predicted octanol–water partition coefficient (Wildman–Crippen LogP) is 2.95. The SMILES string of the molecule is CCOc1ccc(NBr)c(F)c1. The van der Waals surface area contributed by atoms with Crippen molar-refractivity contribution in [3.63, 3.8) is 0 Å². The molecule has 0 heterocycles. The van der Waals surface area contributed by atoms with Crippen molar-refractivity contribution in [2.75, 3.05) is 10.9 Å². The lowest BCUT2D eigenvalue weighted by molar-refractivity contribution is 0.338. The van der Waals surface area contributed by atoms with Gasteiger partial charge in [0.15, 0.2) is 5.82 Å². The predicted molar refractivity (Wildman–Crippen MR) is 50.1 cm³/mol. The van der Waals surface area contributed by atoms with E-state index in [1.165, 1.54) is 6.07 Å². The highest BCUT2D eigenvalue weighted by Gasteiger charge is 2.01. The molecule has 0 unspecified atom stereocenters. The standard InChI is InChI=1S/C8H9BrFNO/c1-2-12-6-3-4-8(11-9)7(10)5-6/h3-5,11H,2H2,1H3.